The zero-order valence-electron chi connectivity index (χ0n) is 6.72. The van der Waals surface area contributed by atoms with Gasteiger partial charge in [0, 0.05) is 5.56 Å². The fraction of sp³-hybridized carbons (Fsp3) is 0.333. The number of rotatable bonds is 1. The monoisotopic (exact) mass is 158 g/mol. The van der Waals surface area contributed by atoms with E-state index in [2.05, 4.69) is 0 Å². The Balaban J connectivity index is 0.000000461. The molecule has 0 fully saturated rings. The molecule has 62 valence electrons. The molecule has 0 spiro atoms. The summed E-state index contributed by atoms with van der Waals surface area (Å²) >= 11 is 0. The average Bonchev–Trinajstić information content (AvgIpc) is 2.10. The first-order valence-electron chi connectivity index (χ1n) is 3.64. The van der Waals surface area contributed by atoms with Crippen molar-refractivity contribution in [2.24, 2.45) is 0 Å². The molecule has 0 bridgehead atoms. The smallest absolute Gasteiger partial charge is 0.205 e. The second-order valence-electron chi connectivity index (χ2n) is 1.71. The van der Waals surface area contributed by atoms with Crippen molar-refractivity contribution in [1.29, 1.82) is 0 Å². The van der Waals surface area contributed by atoms with E-state index in [1.807, 2.05) is 13.8 Å². The Morgan fingerprint density at radius 1 is 1.00 bits per heavy atom. The highest BCUT2D eigenvalue weighted by Gasteiger charge is 2.02. The van der Waals surface area contributed by atoms with E-state index in [0.29, 0.717) is 0 Å². The first kappa shape index (κ1) is 10.1. The molecule has 0 N–H and O–H groups in total. The lowest BCUT2D eigenvalue weighted by Crippen LogP contribution is -1.79. The van der Waals surface area contributed by atoms with E-state index in [0.717, 1.165) is 0 Å². The highest BCUT2D eigenvalue weighted by atomic mass is 19.3. The first-order valence-corrected chi connectivity index (χ1v) is 3.64. The Labute approximate surface area is 65.9 Å². The van der Waals surface area contributed by atoms with Crippen molar-refractivity contribution < 1.29 is 8.78 Å². The molecule has 0 aromatic heterocycles. The maximum atomic E-state index is 11.8. The average molecular weight is 158 g/mol. The summed E-state index contributed by atoms with van der Waals surface area (Å²) in [7, 11) is 0. The van der Waals surface area contributed by atoms with E-state index in [9.17, 15) is 8.78 Å². The van der Waals surface area contributed by atoms with Crippen LogP contribution < -0.4 is 0 Å². The van der Waals surface area contributed by atoms with Crippen molar-refractivity contribution >= 4 is 0 Å². The molecule has 0 radical (unpaired) electrons. The fourth-order valence-electron chi connectivity index (χ4n) is 0.599. The number of halogens is 2. The van der Waals surface area contributed by atoms with Gasteiger partial charge < -0.3 is 0 Å². The molecule has 2 heteroatoms. The zero-order valence-corrected chi connectivity index (χ0v) is 6.72. The summed E-state index contributed by atoms with van der Waals surface area (Å²) in [6, 6.07) is 7.73. The summed E-state index contributed by atoms with van der Waals surface area (Å²) in [6.07, 6.45) is -2.34. The molecule has 1 rings (SSSR count). The van der Waals surface area contributed by atoms with Gasteiger partial charge in [-0.3, -0.25) is 0 Å². The van der Waals surface area contributed by atoms with Gasteiger partial charge in [-0.2, -0.15) is 0 Å². The Hall–Kier alpha value is -0.920. The predicted molar refractivity (Wildman–Crippen MR) is 42.7 cm³/mol. The topological polar surface area (TPSA) is 0 Å². The third-order valence-corrected chi connectivity index (χ3v) is 1.05. The Kier molecular flexibility index (Phi) is 5.35. The van der Waals surface area contributed by atoms with E-state index in [-0.39, 0.29) is 5.56 Å². The molecular weight excluding hydrogens is 146 g/mol. The van der Waals surface area contributed by atoms with Crippen LogP contribution in [0.5, 0.6) is 0 Å². The molecule has 0 heterocycles. The molecule has 0 aliphatic heterocycles. The van der Waals surface area contributed by atoms with Gasteiger partial charge in [0.05, 0.1) is 0 Å². The van der Waals surface area contributed by atoms with E-state index in [1.54, 1.807) is 18.2 Å². The lowest BCUT2D eigenvalue weighted by atomic mass is 10.2. The number of hydrogen-bond acceptors (Lipinski definition) is 0. The summed E-state index contributed by atoms with van der Waals surface area (Å²) < 4.78 is 23.5. The lowest BCUT2D eigenvalue weighted by Gasteiger charge is -1.94. The van der Waals surface area contributed by atoms with E-state index < -0.39 is 6.43 Å². The lowest BCUT2D eigenvalue weighted by molar-refractivity contribution is 0.151. The van der Waals surface area contributed by atoms with Crippen LogP contribution >= 0.6 is 0 Å². The largest absolute Gasteiger partial charge is 0.263 e. The van der Waals surface area contributed by atoms with Crippen molar-refractivity contribution in [3.63, 3.8) is 0 Å². The van der Waals surface area contributed by atoms with Crippen LogP contribution in [0.15, 0.2) is 30.3 Å². The molecule has 0 saturated carbocycles. The standard InChI is InChI=1S/C7H6F2.C2H6/c8-7(9)6-4-2-1-3-5-6;1-2/h1-5,7H;1-2H3. The van der Waals surface area contributed by atoms with Gasteiger partial charge in [0.2, 0.25) is 0 Å². The molecule has 0 saturated heterocycles. The SMILES string of the molecule is CC.FC(F)c1ccccc1. The zero-order chi connectivity index (χ0) is 8.69. The van der Waals surface area contributed by atoms with Gasteiger partial charge in [-0.05, 0) is 0 Å². The molecule has 0 nitrogen and oxygen atoms in total. The minimum atomic E-state index is -2.34. The van der Waals surface area contributed by atoms with Gasteiger partial charge in [0.25, 0.3) is 6.43 Å². The van der Waals surface area contributed by atoms with Crippen molar-refractivity contribution in [1.82, 2.24) is 0 Å². The Morgan fingerprint density at radius 2 is 1.45 bits per heavy atom. The number of alkyl halides is 2. The molecule has 0 atom stereocenters. The summed E-state index contributed by atoms with van der Waals surface area (Å²) in [5.41, 5.74) is 0.0810. The third-order valence-electron chi connectivity index (χ3n) is 1.05. The van der Waals surface area contributed by atoms with Crippen LogP contribution in [-0.4, -0.2) is 0 Å². The van der Waals surface area contributed by atoms with Crippen LogP contribution in [-0.2, 0) is 0 Å². The van der Waals surface area contributed by atoms with Crippen LogP contribution in [0, 0.1) is 0 Å². The first-order chi connectivity index (χ1) is 5.30. The van der Waals surface area contributed by atoms with Gasteiger partial charge in [0.15, 0.2) is 0 Å². The fourth-order valence-corrected chi connectivity index (χ4v) is 0.599. The van der Waals surface area contributed by atoms with Gasteiger partial charge in [-0.1, -0.05) is 44.2 Å². The third kappa shape index (κ3) is 3.71. The quantitative estimate of drug-likeness (QED) is 0.585. The van der Waals surface area contributed by atoms with E-state index >= 15 is 0 Å². The van der Waals surface area contributed by atoms with E-state index in [1.165, 1.54) is 12.1 Å². The molecule has 0 unspecified atom stereocenters. The molecule has 0 aliphatic carbocycles. The van der Waals surface area contributed by atoms with Crippen molar-refractivity contribution in [3.05, 3.63) is 35.9 Å². The van der Waals surface area contributed by atoms with Gasteiger partial charge >= 0.3 is 0 Å². The second kappa shape index (κ2) is 5.83. The maximum Gasteiger partial charge on any atom is 0.263 e. The minimum Gasteiger partial charge on any atom is -0.205 e. The van der Waals surface area contributed by atoms with Crippen molar-refractivity contribution in [3.8, 4) is 0 Å². The van der Waals surface area contributed by atoms with Crippen molar-refractivity contribution in [2.75, 3.05) is 0 Å². The maximum absolute atomic E-state index is 11.8. The summed E-state index contributed by atoms with van der Waals surface area (Å²) in [6.45, 7) is 4.00. The van der Waals surface area contributed by atoms with E-state index in [4.69, 9.17) is 0 Å². The van der Waals surface area contributed by atoms with Crippen LogP contribution in [0.1, 0.15) is 25.8 Å². The highest BCUT2D eigenvalue weighted by molar-refractivity contribution is 5.15. The summed E-state index contributed by atoms with van der Waals surface area (Å²) in [5.74, 6) is 0. The molecular formula is C9H12F2. The Bertz CT molecular complexity index is 170. The van der Waals surface area contributed by atoms with Gasteiger partial charge in [-0.15, -0.1) is 0 Å². The van der Waals surface area contributed by atoms with Gasteiger partial charge in [0.1, 0.15) is 0 Å². The van der Waals surface area contributed by atoms with Crippen molar-refractivity contribution in [2.45, 2.75) is 20.3 Å². The molecule has 11 heavy (non-hydrogen) atoms. The van der Waals surface area contributed by atoms with Crippen LogP contribution in [0.25, 0.3) is 0 Å². The van der Waals surface area contributed by atoms with Gasteiger partial charge in [-0.25, -0.2) is 8.78 Å². The van der Waals surface area contributed by atoms with Crippen LogP contribution in [0.3, 0.4) is 0 Å². The number of benzene rings is 1. The normalized spacial score (nSPS) is 8.82. The molecule has 0 aliphatic rings. The predicted octanol–water partition coefficient (Wildman–Crippen LogP) is 3.65. The highest BCUT2D eigenvalue weighted by Crippen LogP contribution is 2.16. The summed E-state index contributed by atoms with van der Waals surface area (Å²) in [5, 5.41) is 0. The number of hydrogen-bond donors (Lipinski definition) is 0. The van der Waals surface area contributed by atoms with Crippen LogP contribution in [0.2, 0.25) is 0 Å². The second-order valence-corrected chi connectivity index (χ2v) is 1.71. The van der Waals surface area contributed by atoms with Crippen LogP contribution in [0.4, 0.5) is 8.78 Å². The molecule has 0 amide bonds. The molecule has 1 aromatic rings. The minimum absolute atomic E-state index is 0.0810. The summed E-state index contributed by atoms with van der Waals surface area (Å²) in [4.78, 5) is 0. The Morgan fingerprint density at radius 3 is 1.73 bits per heavy atom. The molecule has 1 aromatic carbocycles.